The van der Waals surface area contributed by atoms with Gasteiger partial charge in [-0.3, -0.25) is 24.2 Å². The number of pyridine rings is 1. The third kappa shape index (κ3) is 3.85. The molecule has 2 aliphatic rings. The summed E-state index contributed by atoms with van der Waals surface area (Å²) in [5.74, 6) is -1.31. The third-order valence-corrected chi connectivity index (χ3v) is 8.37. The van der Waals surface area contributed by atoms with E-state index < -0.39 is 45.5 Å². The van der Waals surface area contributed by atoms with Crippen LogP contribution in [0.4, 0.5) is 0 Å². The smallest absolute Gasteiger partial charge is 0.310 e. The number of hydrogen-bond donors (Lipinski definition) is 1. The van der Waals surface area contributed by atoms with Crippen LogP contribution in [0.3, 0.4) is 0 Å². The number of nitrogens with zero attached hydrogens (tertiary/aromatic N) is 3. The van der Waals surface area contributed by atoms with Crippen LogP contribution in [-0.2, 0) is 26.0 Å². The van der Waals surface area contributed by atoms with Crippen LogP contribution < -0.4 is 5.73 Å². The van der Waals surface area contributed by atoms with Crippen molar-refractivity contribution in [3.63, 3.8) is 0 Å². The minimum Gasteiger partial charge on any atom is -0.366 e. The molecule has 2 N–H and O–H groups in total. The SMILES string of the molecule is NC(=O)c1ccsc1CCC(=O)N1CCC2C1C(=O)CN2S(=O)(=O)C(=O)c1ccccn1. The fraction of sp³-hybridized carbons (Fsp3) is 0.350. The number of hydrogen-bond acceptors (Lipinski definition) is 8. The maximum atomic E-state index is 12.9. The zero-order chi connectivity index (χ0) is 23.0. The van der Waals surface area contributed by atoms with Crippen molar-refractivity contribution in [2.75, 3.05) is 13.1 Å². The van der Waals surface area contributed by atoms with Crippen molar-refractivity contribution in [3.05, 3.63) is 52.0 Å². The molecule has 2 saturated heterocycles. The number of primary amides is 1. The van der Waals surface area contributed by atoms with Gasteiger partial charge in [0, 0.05) is 24.0 Å². The molecule has 0 saturated carbocycles. The van der Waals surface area contributed by atoms with E-state index in [-0.39, 0.29) is 37.4 Å². The number of rotatable bonds is 6. The van der Waals surface area contributed by atoms with Gasteiger partial charge < -0.3 is 10.6 Å². The Balaban J connectivity index is 1.48. The number of fused-ring (bicyclic) bond motifs is 1. The first kappa shape index (κ1) is 22.2. The Morgan fingerprint density at radius 1 is 1.22 bits per heavy atom. The van der Waals surface area contributed by atoms with Gasteiger partial charge in [-0.25, -0.2) is 8.42 Å². The van der Waals surface area contributed by atoms with Gasteiger partial charge in [0.1, 0.15) is 11.7 Å². The molecule has 10 nitrogen and oxygen atoms in total. The Kier molecular flexibility index (Phi) is 5.93. The van der Waals surface area contributed by atoms with Gasteiger partial charge in [0.15, 0.2) is 5.78 Å². The predicted molar refractivity (Wildman–Crippen MR) is 114 cm³/mol. The molecule has 4 heterocycles. The monoisotopic (exact) mass is 476 g/mol. The van der Waals surface area contributed by atoms with Gasteiger partial charge in [-0.15, -0.1) is 11.3 Å². The van der Waals surface area contributed by atoms with E-state index >= 15 is 0 Å². The van der Waals surface area contributed by atoms with Crippen LogP contribution in [0.25, 0.3) is 0 Å². The van der Waals surface area contributed by atoms with E-state index in [0.717, 1.165) is 4.31 Å². The normalized spacial score (nSPS) is 21.0. The molecule has 0 aromatic carbocycles. The second kappa shape index (κ2) is 8.52. The highest BCUT2D eigenvalue weighted by atomic mass is 32.2. The van der Waals surface area contributed by atoms with Gasteiger partial charge in [0.05, 0.1) is 18.2 Å². The molecule has 0 bridgehead atoms. The van der Waals surface area contributed by atoms with Crippen LogP contribution in [0.5, 0.6) is 0 Å². The fourth-order valence-electron chi connectivity index (χ4n) is 4.21. The van der Waals surface area contributed by atoms with E-state index in [9.17, 15) is 27.6 Å². The molecule has 2 aromatic heterocycles. The number of thiophene rings is 1. The van der Waals surface area contributed by atoms with Crippen molar-refractivity contribution in [1.29, 1.82) is 0 Å². The van der Waals surface area contributed by atoms with Crippen molar-refractivity contribution in [1.82, 2.24) is 14.2 Å². The summed E-state index contributed by atoms with van der Waals surface area (Å²) in [5.41, 5.74) is 5.47. The number of likely N-dealkylation sites (tertiary alicyclic amines) is 1. The summed E-state index contributed by atoms with van der Waals surface area (Å²) in [7, 11) is -4.47. The van der Waals surface area contributed by atoms with Crippen LogP contribution in [0.15, 0.2) is 35.8 Å². The largest absolute Gasteiger partial charge is 0.366 e. The quantitative estimate of drug-likeness (QED) is 0.626. The van der Waals surface area contributed by atoms with Crippen molar-refractivity contribution in [2.45, 2.75) is 31.3 Å². The van der Waals surface area contributed by atoms with E-state index in [1.54, 1.807) is 17.5 Å². The molecule has 2 amide bonds. The standard InChI is InChI=1S/C20H20N4O6S2/c21-19(27)12-7-10-31-16(12)4-5-17(26)23-9-6-14-18(23)15(25)11-24(14)32(29,30)20(28)13-3-1-2-8-22-13/h1-3,7-8,10,14,18H,4-6,9,11H2,(H2,21,27). The second-order valence-corrected chi connectivity index (χ2v) is 10.3. The molecule has 0 spiro atoms. The van der Waals surface area contributed by atoms with E-state index in [1.807, 2.05) is 0 Å². The molecular weight excluding hydrogens is 456 g/mol. The van der Waals surface area contributed by atoms with Crippen molar-refractivity contribution in [3.8, 4) is 0 Å². The van der Waals surface area contributed by atoms with Crippen molar-refractivity contribution in [2.24, 2.45) is 5.73 Å². The zero-order valence-electron chi connectivity index (χ0n) is 16.8. The molecule has 2 aromatic rings. The van der Waals surface area contributed by atoms with E-state index in [1.165, 1.54) is 34.6 Å². The minimum absolute atomic E-state index is 0.0525. The summed E-state index contributed by atoms with van der Waals surface area (Å²) in [4.78, 5) is 55.4. The number of ketones is 1. The van der Waals surface area contributed by atoms with Crippen LogP contribution in [0, 0.1) is 0 Å². The topological polar surface area (TPSA) is 148 Å². The number of amides is 2. The molecule has 2 unspecified atom stereocenters. The molecule has 32 heavy (non-hydrogen) atoms. The van der Waals surface area contributed by atoms with E-state index in [4.69, 9.17) is 5.73 Å². The first-order chi connectivity index (χ1) is 15.2. The summed E-state index contributed by atoms with van der Waals surface area (Å²) in [6.07, 6.45) is 1.91. The lowest BCUT2D eigenvalue weighted by Crippen LogP contribution is -2.44. The highest BCUT2D eigenvalue weighted by molar-refractivity contribution is 8.04. The molecule has 2 fully saturated rings. The predicted octanol–water partition coefficient (Wildman–Crippen LogP) is 0.199. The van der Waals surface area contributed by atoms with Crippen LogP contribution in [0.1, 0.15) is 38.6 Å². The van der Waals surface area contributed by atoms with E-state index in [2.05, 4.69) is 4.98 Å². The number of aromatic nitrogens is 1. The average Bonchev–Trinajstić information content (AvgIpc) is 3.49. The van der Waals surface area contributed by atoms with Crippen LogP contribution in [-0.4, -0.2) is 70.5 Å². The summed E-state index contributed by atoms with van der Waals surface area (Å²) >= 11 is 1.32. The Hall–Kier alpha value is -2.96. The highest BCUT2D eigenvalue weighted by Crippen LogP contribution is 2.33. The Morgan fingerprint density at radius 2 is 2.00 bits per heavy atom. The lowest BCUT2D eigenvalue weighted by atomic mass is 10.1. The van der Waals surface area contributed by atoms with Crippen molar-refractivity contribution >= 4 is 44.1 Å². The molecule has 2 atom stereocenters. The lowest BCUT2D eigenvalue weighted by Gasteiger charge is -2.23. The minimum atomic E-state index is -4.47. The average molecular weight is 477 g/mol. The van der Waals surface area contributed by atoms with Gasteiger partial charge in [0.25, 0.3) is 10.0 Å². The number of carbonyl (C=O) groups excluding carboxylic acids is 4. The number of Topliss-reactive ketones (excluding diaryl/α,β-unsaturated/α-hetero) is 1. The maximum absolute atomic E-state index is 12.9. The molecule has 4 rings (SSSR count). The fourth-order valence-corrected chi connectivity index (χ4v) is 6.57. The first-order valence-corrected chi connectivity index (χ1v) is 12.2. The lowest BCUT2D eigenvalue weighted by molar-refractivity contribution is -0.136. The molecule has 168 valence electrons. The Labute approximate surface area is 188 Å². The summed E-state index contributed by atoms with van der Waals surface area (Å²) in [5, 5.41) is 0.543. The number of carbonyl (C=O) groups is 4. The van der Waals surface area contributed by atoms with Crippen LogP contribution in [0.2, 0.25) is 0 Å². The molecule has 0 aliphatic carbocycles. The van der Waals surface area contributed by atoms with Crippen molar-refractivity contribution < 1.29 is 27.6 Å². The van der Waals surface area contributed by atoms with Gasteiger partial charge in [0.2, 0.25) is 11.8 Å². The highest BCUT2D eigenvalue weighted by Gasteiger charge is 2.54. The zero-order valence-corrected chi connectivity index (χ0v) is 18.5. The Morgan fingerprint density at radius 3 is 2.69 bits per heavy atom. The summed E-state index contributed by atoms with van der Waals surface area (Å²) in [6.45, 7) is -0.256. The first-order valence-electron chi connectivity index (χ1n) is 9.87. The number of sulfonamides is 1. The number of nitrogens with two attached hydrogens (primary N) is 1. The second-order valence-electron chi connectivity index (χ2n) is 7.53. The van der Waals surface area contributed by atoms with Crippen LogP contribution >= 0.6 is 11.3 Å². The summed E-state index contributed by atoms with van der Waals surface area (Å²) in [6, 6.07) is 4.24. The van der Waals surface area contributed by atoms with Gasteiger partial charge in [-0.05, 0) is 36.4 Å². The van der Waals surface area contributed by atoms with Gasteiger partial charge in [-0.2, -0.15) is 4.31 Å². The van der Waals surface area contributed by atoms with Gasteiger partial charge >= 0.3 is 5.12 Å². The third-order valence-electron chi connectivity index (χ3n) is 5.69. The molecule has 2 aliphatic heterocycles. The Bertz CT molecular complexity index is 1190. The van der Waals surface area contributed by atoms with Gasteiger partial charge in [-0.1, -0.05) is 6.07 Å². The van der Waals surface area contributed by atoms with E-state index in [0.29, 0.717) is 10.4 Å². The number of aryl methyl sites for hydroxylation is 1. The summed E-state index contributed by atoms with van der Waals surface area (Å²) < 4.78 is 26.7. The molecule has 12 heteroatoms. The molecule has 0 radical (unpaired) electrons. The maximum Gasteiger partial charge on any atom is 0.310 e. The molecular formula is C20H20N4O6S2.